The lowest BCUT2D eigenvalue weighted by Crippen LogP contribution is -2.53. The maximum absolute atomic E-state index is 14.1. The Kier molecular flexibility index (Phi) is 10.4. The van der Waals surface area contributed by atoms with Crippen LogP contribution in [0.4, 0.5) is 5.69 Å². The first kappa shape index (κ1) is 31.2. The Labute approximate surface area is 243 Å². The highest BCUT2D eigenvalue weighted by Gasteiger charge is 2.34. The number of aryl methyl sites for hydroxylation is 3. The van der Waals surface area contributed by atoms with Gasteiger partial charge in [-0.3, -0.25) is 13.9 Å². The Hall–Kier alpha value is -3.36. The Morgan fingerprint density at radius 3 is 2.15 bits per heavy atom. The van der Waals surface area contributed by atoms with E-state index in [0.29, 0.717) is 22.7 Å². The predicted molar refractivity (Wildman–Crippen MR) is 161 cm³/mol. The van der Waals surface area contributed by atoms with Crippen molar-refractivity contribution in [1.82, 2.24) is 10.2 Å². The highest BCUT2D eigenvalue weighted by Crippen LogP contribution is 2.27. The molecule has 0 spiro atoms. The third-order valence-electron chi connectivity index (χ3n) is 6.78. The summed E-state index contributed by atoms with van der Waals surface area (Å²) in [5.41, 5.74) is 3.84. The normalized spacial score (nSPS) is 12.2. The number of rotatable bonds is 11. The molecule has 2 amide bonds. The van der Waals surface area contributed by atoms with Crippen LogP contribution in [0.3, 0.4) is 0 Å². The van der Waals surface area contributed by atoms with Gasteiger partial charge < -0.3 is 10.2 Å². The van der Waals surface area contributed by atoms with E-state index in [1.165, 1.54) is 17.0 Å². The Bertz CT molecular complexity index is 1460. The third-order valence-corrected chi connectivity index (χ3v) is 8.94. The van der Waals surface area contributed by atoms with Crippen LogP contribution in [0.25, 0.3) is 0 Å². The fourth-order valence-electron chi connectivity index (χ4n) is 4.36. The number of anilines is 1. The van der Waals surface area contributed by atoms with E-state index in [0.717, 1.165) is 21.0 Å². The van der Waals surface area contributed by atoms with E-state index in [1.54, 1.807) is 42.5 Å². The zero-order valence-corrected chi connectivity index (χ0v) is 25.5. The fraction of sp³-hybridized carbons (Fsp3) is 0.355. The minimum absolute atomic E-state index is 0.0495. The van der Waals surface area contributed by atoms with E-state index < -0.39 is 28.5 Å². The summed E-state index contributed by atoms with van der Waals surface area (Å²) in [7, 11) is -4.12. The van der Waals surface area contributed by atoms with Crippen molar-refractivity contribution in [1.29, 1.82) is 0 Å². The van der Waals surface area contributed by atoms with Crippen molar-refractivity contribution in [3.8, 4) is 0 Å². The maximum Gasteiger partial charge on any atom is 0.264 e. The number of carbonyl (C=O) groups excluding carboxylic acids is 2. The highest BCUT2D eigenvalue weighted by molar-refractivity contribution is 7.92. The summed E-state index contributed by atoms with van der Waals surface area (Å²) in [6.07, 6.45) is 0.336. The lowest BCUT2D eigenvalue weighted by atomic mass is 10.1. The van der Waals surface area contributed by atoms with Crippen LogP contribution in [0, 0.1) is 20.8 Å². The SMILES string of the molecule is CC[C@H](C(=O)NC(C)C)N(Cc1ccccc1Cl)C(=O)CN(c1ccc(C)c(C)c1)S(=O)(=O)c1ccc(C)cc1. The molecule has 0 aromatic heterocycles. The van der Waals surface area contributed by atoms with Crippen LogP contribution in [-0.2, 0) is 26.2 Å². The molecule has 3 aromatic carbocycles. The van der Waals surface area contributed by atoms with E-state index in [1.807, 2.05) is 53.7 Å². The lowest BCUT2D eigenvalue weighted by Gasteiger charge is -2.34. The van der Waals surface area contributed by atoms with E-state index in [4.69, 9.17) is 11.6 Å². The number of sulfonamides is 1. The van der Waals surface area contributed by atoms with E-state index in [9.17, 15) is 18.0 Å². The first-order valence-electron chi connectivity index (χ1n) is 13.3. The molecule has 9 heteroatoms. The van der Waals surface area contributed by atoms with Gasteiger partial charge >= 0.3 is 0 Å². The smallest absolute Gasteiger partial charge is 0.264 e. The van der Waals surface area contributed by atoms with E-state index in [-0.39, 0.29) is 23.4 Å². The number of carbonyl (C=O) groups is 2. The molecule has 3 aromatic rings. The molecule has 0 fully saturated rings. The molecule has 0 heterocycles. The Balaban J connectivity index is 2.10. The molecule has 0 aliphatic rings. The van der Waals surface area contributed by atoms with Gasteiger partial charge in [-0.1, -0.05) is 60.5 Å². The number of hydrogen-bond acceptors (Lipinski definition) is 4. The van der Waals surface area contributed by atoms with Crippen LogP contribution in [0.1, 0.15) is 49.4 Å². The number of nitrogens with one attached hydrogen (secondary N) is 1. The fourth-order valence-corrected chi connectivity index (χ4v) is 5.96. The number of amides is 2. The third kappa shape index (κ3) is 7.43. The zero-order chi connectivity index (χ0) is 29.6. The van der Waals surface area contributed by atoms with Gasteiger partial charge in [0.2, 0.25) is 11.8 Å². The Morgan fingerprint density at radius 1 is 0.925 bits per heavy atom. The van der Waals surface area contributed by atoms with Gasteiger partial charge in [-0.2, -0.15) is 0 Å². The molecule has 0 unspecified atom stereocenters. The number of benzene rings is 3. The number of nitrogens with zero attached hydrogens (tertiary/aromatic N) is 2. The van der Waals surface area contributed by atoms with Gasteiger partial charge in [0.1, 0.15) is 12.6 Å². The van der Waals surface area contributed by atoms with Crippen LogP contribution >= 0.6 is 11.6 Å². The van der Waals surface area contributed by atoms with Crippen molar-refractivity contribution >= 4 is 39.1 Å². The summed E-state index contributed by atoms with van der Waals surface area (Å²) < 4.78 is 29.1. The van der Waals surface area contributed by atoms with Crippen molar-refractivity contribution in [2.45, 2.75) is 71.5 Å². The molecule has 40 heavy (non-hydrogen) atoms. The monoisotopic (exact) mass is 583 g/mol. The summed E-state index contributed by atoms with van der Waals surface area (Å²) in [5.74, 6) is -0.823. The van der Waals surface area contributed by atoms with Gasteiger partial charge in [0.05, 0.1) is 10.6 Å². The molecule has 0 saturated heterocycles. The number of halogens is 1. The summed E-state index contributed by atoms with van der Waals surface area (Å²) in [5, 5.41) is 3.35. The summed E-state index contributed by atoms with van der Waals surface area (Å²) in [6, 6.07) is 18.0. The topological polar surface area (TPSA) is 86.8 Å². The van der Waals surface area contributed by atoms with Crippen molar-refractivity contribution in [2.24, 2.45) is 0 Å². The van der Waals surface area contributed by atoms with Crippen molar-refractivity contribution in [2.75, 3.05) is 10.8 Å². The van der Waals surface area contributed by atoms with E-state index >= 15 is 0 Å². The van der Waals surface area contributed by atoms with Gasteiger partial charge in [0.15, 0.2) is 0 Å². The second-order valence-corrected chi connectivity index (χ2v) is 12.6. The minimum Gasteiger partial charge on any atom is -0.352 e. The molecule has 214 valence electrons. The van der Waals surface area contributed by atoms with Crippen LogP contribution in [0.15, 0.2) is 71.6 Å². The molecule has 1 N–H and O–H groups in total. The molecule has 3 rings (SSSR count). The van der Waals surface area contributed by atoms with Gasteiger partial charge in [-0.15, -0.1) is 0 Å². The first-order chi connectivity index (χ1) is 18.8. The van der Waals surface area contributed by atoms with Gasteiger partial charge in [-0.05, 0) is 88.1 Å². The molecule has 7 nitrogen and oxygen atoms in total. The quantitative estimate of drug-likeness (QED) is 0.309. The average Bonchev–Trinajstić information content (AvgIpc) is 2.89. The largest absolute Gasteiger partial charge is 0.352 e. The lowest BCUT2D eigenvalue weighted by molar-refractivity contribution is -0.140. The first-order valence-corrected chi connectivity index (χ1v) is 15.2. The number of hydrogen-bond donors (Lipinski definition) is 1. The molecule has 0 aliphatic carbocycles. The molecule has 0 saturated carbocycles. The van der Waals surface area contributed by atoms with E-state index in [2.05, 4.69) is 5.32 Å². The molecule has 0 radical (unpaired) electrons. The van der Waals surface area contributed by atoms with Crippen LogP contribution in [0.5, 0.6) is 0 Å². The molecule has 1 atom stereocenters. The zero-order valence-electron chi connectivity index (χ0n) is 23.9. The Morgan fingerprint density at radius 2 is 1.57 bits per heavy atom. The molecule has 0 bridgehead atoms. The second kappa shape index (κ2) is 13.3. The maximum atomic E-state index is 14.1. The van der Waals surface area contributed by atoms with Crippen molar-refractivity contribution < 1.29 is 18.0 Å². The minimum atomic E-state index is -4.12. The molecular formula is C31H38ClN3O4S. The van der Waals surface area contributed by atoms with Gasteiger partial charge in [0.25, 0.3) is 10.0 Å². The van der Waals surface area contributed by atoms with Crippen LogP contribution in [0.2, 0.25) is 5.02 Å². The van der Waals surface area contributed by atoms with Gasteiger partial charge in [0, 0.05) is 17.6 Å². The summed E-state index contributed by atoms with van der Waals surface area (Å²) in [6.45, 7) is 10.8. The molecule has 0 aliphatic heterocycles. The van der Waals surface area contributed by atoms with Crippen molar-refractivity contribution in [3.05, 3.63) is 94.0 Å². The predicted octanol–water partition coefficient (Wildman–Crippen LogP) is 5.79. The summed E-state index contributed by atoms with van der Waals surface area (Å²) >= 11 is 6.44. The standard InChI is InChI=1S/C31H38ClN3O4S/c1-7-29(31(37)33-21(2)3)34(19-25-10-8-9-11-28(25)32)30(36)20-35(26-15-14-23(5)24(6)18-26)40(38,39)27-16-12-22(4)13-17-27/h8-18,21,29H,7,19-20H2,1-6H3,(H,33,37)/t29-/m1/s1. The van der Waals surface area contributed by atoms with Gasteiger partial charge in [-0.25, -0.2) is 8.42 Å². The molecular weight excluding hydrogens is 546 g/mol. The van der Waals surface area contributed by atoms with Crippen molar-refractivity contribution in [3.63, 3.8) is 0 Å². The highest BCUT2D eigenvalue weighted by atomic mass is 35.5. The summed E-state index contributed by atoms with van der Waals surface area (Å²) in [4.78, 5) is 28.8. The van der Waals surface area contributed by atoms with Crippen LogP contribution in [-0.4, -0.2) is 43.8 Å². The van der Waals surface area contributed by atoms with Crippen LogP contribution < -0.4 is 9.62 Å². The average molecular weight is 584 g/mol. The second-order valence-electron chi connectivity index (χ2n) is 10.3.